The van der Waals surface area contributed by atoms with Gasteiger partial charge in [-0.25, -0.2) is 4.79 Å². The normalized spacial score (nSPS) is 16.4. The third-order valence-corrected chi connectivity index (χ3v) is 6.92. The number of nitrogens with one attached hydrogen (secondary N) is 1. The van der Waals surface area contributed by atoms with Gasteiger partial charge in [-0.3, -0.25) is 9.69 Å². The van der Waals surface area contributed by atoms with Gasteiger partial charge in [-0.2, -0.15) is 0 Å². The van der Waals surface area contributed by atoms with Crippen molar-refractivity contribution in [3.05, 3.63) is 40.4 Å². The van der Waals surface area contributed by atoms with Crippen LogP contribution in [0.5, 0.6) is 17.2 Å². The number of carbonyl (C=O) groups excluding carboxylic acids is 1. The minimum absolute atomic E-state index is 0.117. The quantitative estimate of drug-likeness (QED) is 0.361. The highest BCUT2D eigenvalue weighted by Crippen LogP contribution is 2.38. The summed E-state index contributed by atoms with van der Waals surface area (Å²) in [5, 5.41) is 11.7. The number of rotatable bonds is 8. The van der Waals surface area contributed by atoms with Crippen molar-refractivity contribution in [2.24, 2.45) is 0 Å². The van der Waals surface area contributed by atoms with Gasteiger partial charge in [0.15, 0.2) is 0 Å². The molecular formula is C25H30BrN3O6. The summed E-state index contributed by atoms with van der Waals surface area (Å²) in [7, 11) is 0. The third kappa shape index (κ3) is 5.99. The zero-order valence-electron chi connectivity index (χ0n) is 19.9. The number of amides is 1. The molecule has 0 aliphatic carbocycles. The molecule has 1 saturated heterocycles. The van der Waals surface area contributed by atoms with Gasteiger partial charge >= 0.3 is 6.16 Å². The summed E-state index contributed by atoms with van der Waals surface area (Å²) in [6, 6.07) is 9.32. The third-order valence-electron chi connectivity index (χ3n) is 6.14. The van der Waals surface area contributed by atoms with E-state index >= 15 is 0 Å². The zero-order chi connectivity index (χ0) is 24.9. The van der Waals surface area contributed by atoms with E-state index in [1.165, 1.54) is 0 Å². The predicted octanol–water partition coefficient (Wildman–Crippen LogP) is 4.73. The molecule has 1 fully saturated rings. The Balaban J connectivity index is 1.43. The fourth-order valence-electron chi connectivity index (χ4n) is 4.67. The van der Waals surface area contributed by atoms with Crippen LogP contribution in [0.4, 0.5) is 16.2 Å². The fourth-order valence-corrected chi connectivity index (χ4v) is 5.13. The Morgan fingerprint density at radius 2 is 1.77 bits per heavy atom. The second-order valence-electron chi connectivity index (χ2n) is 8.50. The van der Waals surface area contributed by atoms with Crippen molar-refractivity contribution in [2.75, 3.05) is 43.1 Å². The number of carbonyl (C=O) groups is 2. The van der Waals surface area contributed by atoms with Gasteiger partial charge in [-0.1, -0.05) is 0 Å². The number of hydrogen-bond donors (Lipinski definition) is 2. The number of carboxylic acid groups (broad SMARTS) is 1. The molecule has 2 heterocycles. The summed E-state index contributed by atoms with van der Waals surface area (Å²) in [5.41, 5.74) is 2.59. The first-order valence-corrected chi connectivity index (χ1v) is 12.6. The molecule has 2 aromatic carbocycles. The highest BCUT2D eigenvalue weighted by molar-refractivity contribution is 9.10. The number of hydrogen-bond acceptors (Lipinski definition) is 7. The average molecular weight is 548 g/mol. The van der Waals surface area contributed by atoms with Gasteiger partial charge in [-0.05, 0) is 72.4 Å². The molecule has 35 heavy (non-hydrogen) atoms. The van der Waals surface area contributed by atoms with Crippen LogP contribution in [0.25, 0.3) is 0 Å². The lowest BCUT2D eigenvalue weighted by Crippen LogP contribution is -2.49. The molecule has 2 aliphatic heterocycles. The van der Waals surface area contributed by atoms with Gasteiger partial charge in [0, 0.05) is 31.7 Å². The lowest BCUT2D eigenvalue weighted by atomic mass is 10.00. The summed E-state index contributed by atoms with van der Waals surface area (Å²) in [6.45, 7) is 7.92. The molecule has 1 amide bonds. The SMILES string of the molecule is CCOc1cc(CN2CCC(N3CC(=O)Nc4cc(OC(=O)O)ccc43)CC2)cc(OCC)c1Br. The number of benzene rings is 2. The Morgan fingerprint density at radius 3 is 2.37 bits per heavy atom. The van der Waals surface area contributed by atoms with E-state index in [1.807, 2.05) is 19.9 Å². The fraction of sp³-hybridized carbons (Fsp3) is 0.440. The van der Waals surface area contributed by atoms with Crippen molar-refractivity contribution < 1.29 is 28.9 Å². The highest BCUT2D eigenvalue weighted by atomic mass is 79.9. The van der Waals surface area contributed by atoms with E-state index in [0.717, 1.165) is 59.7 Å². The van der Waals surface area contributed by atoms with Crippen molar-refractivity contribution >= 4 is 39.4 Å². The molecule has 2 N–H and O–H groups in total. The maximum Gasteiger partial charge on any atom is 0.511 e. The summed E-state index contributed by atoms with van der Waals surface area (Å²) >= 11 is 3.59. The summed E-state index contributed by atoms with van der Waals surface area (Å²) < 4.78 is 17.2. The monoisotopic (exact) mass is 547 g/mol. The summed E-state index contributed by atoms with van der Waals surface area (Å²) in [5.74, 6) is 1.63. The Kier molecular flexibility index (Phi) is 8.02. The first-order chi connectivity index (χ1) is 16.9. The smallest absolute Gasteiger partial charge is 0.493 e. The number of fused-ring (bicyclic) bond motifs is 1. The van der Waals surface area contributed by atoms with Crippen LogP contribution < -0.4 is 24.4 Å². The second-order valence-corrected chi connectivity index (χ2v) is 9.30. The molecule has 2 aromatic rings. The van der Waals surface area contributed by atoms with Crippen LogP contribution in [0.3, 0.4) is 0 Å². The second kappa shape index (κ2) is 11.2. The van der Waals surface area contributed by atoms with Crippen LogP contribution in [0.1, 0.15) is 32.3 Å². The molecule has 0 spiro atoms. The molecule has 4 rings (SSSR count). The maximum atomic E-state index is 12.4. The van der Waals surface area contributed by atoms with Crippen molar-refractivity contribution in [3.8, 4) is 17.2 Å². The van der Waals surface area contributed by atoms with Gasteiger partial charge in [0.25, 0.3) is 0 Å². The molecular weight excluding hydrogens is 518 g/mol. The van der Waals surface area contributed by atoms with Gasteiger partial charge in [0.1, 0.15) is 21.7 Å². The Morgan fingerprint density at radius 1 is 1.11 bits per heavy atom. The molecule has 0 aromatic heterocycles. The molecule has 10 heteroatoms. The van der Waals surface area contributed by atoms with Crippen LogP contribution in [0, 0.1) is 0 Å². The molecule has 188 valence electrons. The van der Waals surface area contributed by atoms with Crippen LogP contribution in [0.2, 0.25) is 0 Å². The van der Waals surface area contributed by atoms with Gasteiger partial charge in [-0.15, -0.1) is 0 Å². The van der Waals surface area contributed by atoms with E-state index in [2.05, 4.69) is 43.2 Å². The molecule has 0 atom stereocenters. The van der Waals surface area contributed by atoms with E-state index in [4.69, 9.17) is 19.3 Å². The van der Waals surface area contributed by atoms with Crippen molar-refractivity contribution in [2.45, 2.75) is 39.3 Å². The number of halogens is 1. The summed E-state index contributed by atoms with van der Waals surface area (Å²) in [4.78, 5) is 27.7. The van der Waals surface area contributed by atoms with Crippen LogP contribution in [0.15, 0.2) is 34.8 Å². The zero-order valence-corrected chi connectivity index (χ0v) is 21.5. The number of nitrogens with zero attached hydrogens (tertiary/aromatic N) is 2. The molecule has 0 unspecified atom stereocenters. The lowest BCUT2D eigenvalue weighted by molar-refractivity contribution is -0.115. The Bertz CT molecular complexity index is 1060. The van der Waals surface area contributed by atoms with Crippen LogP contribution >= 0.6 is 15.9 Å². The average Bonchev–Trinajstić information content (AvgIpc) is 2.81. The predicted molar refractivity (Wildman–Crippen MR) is 136 cm³/mol. The van der Waals surface area contributed by atoms with E-state index < -0.39 is 6.16 Å². The van der Waals surface area contributed by atoms with Crippen LogP contribution in [-0.2, 0) is 11.3 Å². The minimum Gasteiger partial charge on any atom is -0.493 e. The molecule has 0 bridgehead atoms. The molecule has 2 aliphatic rings. The first kappa shape index (κ1) is 25.1. The van der Waals surface area contributed by atoms with Crippen molar-refractivity contribution in [1.29, 1.82) is 0 Å². The number of anilines is 2. The van der Waals surface area contributed by atoms with E-state index in [1.54, 1.807) is 12.1 Å². The highest BCUT2D eigenvalue weighted by Gasteiger charge is 2.31. The molecule has 9 nitrogen and oxygen atoms in total. The molecule has 0 radical (unpaired) electrons. The van der Waals surface area contributed by atoms with Crippen molar-refractivity contribution in [1.82, 2.24) is 4.90 Å². The first-order valence-electron chi connectivity index (χ1n) is 11.8. The van der Waals surface area contributed by atoms with E-state index in [-0.39, 0.29) is 24.2 Å². The van der Waals surface area contributed by atoms with E-state index in [9.17, 15) is 9.59 Å². The number of ether oxygens (including phenoxy) is 3. The largest absolute Gasteiger partial charge is 0.511 e. The molecule has 0 saturated carbocycles. The topological polar surface area (TPSA) is 101 Å². The van der Waals surface area contributed by atoms with Gasteiger partial charge in [0.05, 0.1) is 31.1 Å². The summed E-state index contributed by atoms with van der Waals surface area (Å²) in [6.07, 6.45) is 0.435. The Labute approximate surface area is 213 Å². The Hall–Kier alpha value is -2.98. The van der Waals surface area contributed by atoms with Gasteiger partial charge < -0.3 is 29.5 Å². The number of likely N-dealkylation sites (tertiary alicyclic amines) is 1. The van der Waals surface area contributed by atoms with Gasteiger partial charge in [0.2, 0.25) is 5.91 Å². The number of piperidine rings is 1. The van der Waals surface area contributed by atoms with Crippen LogP contribution in [-0.4, -0.2) is 61.0 Å². The minimum atomic E-state index is -1.39. The van der Waals surface area contributed by atoms with Crippen molar-refractivity contribution in [3.63, 3.8) is 0 Å². The maximum absolute atomic E-state index is 12.4. The standard InChI is InChI=1S/C25H30BrN3O6/c1-3-33-21-11-16(12-22(24(21)26)34-4-2)14-28-9-7-17(8-10-28)29-15-23(30)27-19-13-18(35-25(31)32)5-6-20(19)29/h5-6,11-13,17H,3-4,7-10,14-15H2,1-2H3,(H,27,30)(H,31,32). The lowest BCUT2D eigenvalue weighted by Gasteiger charge is -2.42. The van der Waals surface area contributed by atoms with E-state index in [0.29, 0.717) is 18.9 Å².